The summed E-state index contributed by atoms with van der Waals surface area (Å²) in [5, 5.41) is 3.45. The summed E-state index contributed by atoms with van der Waals surface area (Å²) in [6, 6.07) is 5.29. The molecule has 1 aliphatic heterocycles. The third-order valence-corrected chi connectivity index (χ3v) is 3.71. The molecule has 1 aliphatic rings. The summed E-state index contributed by atoms with van der Waals surface area (Å²) < 4.78 is 18.8. The van der Waals surface area contributed by atoms with Gasteiger partial charge in [-0.25, -0.2) is 4.39 Å². The fourth-order valence-electron chi connectivity index (χ4n) is 2.60. The molecule has 18 heavy (non-hydrogen) atoms. The van der Waals surface area contributed by atoms with Gasteiger partial charge in [0.25, 0.3) is 0 Å². The van der Waals surface area contributed by atoms with E-state index in [9.17, 15) is 4.39 Å². The topological polar surface area (TPSA) is 21.3 Å². The first-order valence-corrected chi connectivity index (χ1v) is 6.78. The fraction of sp³-hybridized carbons (Fsp3) is 0.600. The number of aryl methyl sites for hydroxylation is 1. The SMILES string of the molecule is CCC1OCCC1CNCc1ccc(F)c(C)c1. The van der Waals surface area contributed by atoms with Crippen LogP contribution in [0, 0.1) is 18.7 Å². The van der Waals surface area contributed by atoms with Gasteiger partial charge in [-0.15, -0.1) is 0 Å². The zero-order chi connectivity index (χ0) is 13.0. The second-order valence-electron chi connectivity index (χ2n) is 5.08. The monoisotopic (exact) mass is 251 g/mol. The molecule has 0 aliphatic carbocycles. The van der Waals surface area contributed by atoms with Gasteiger partial charge in [0.15, 0.2) is 0 Å². The highest BCUT2D eigenvalue weighted by molar-refractivity contribution is 5.23. The molecular weight excluding hydrogens is 229 g/mol. The van der Waals surface area contributed by atoms with E-state index in [0.29, 0.717) is 17.6 Å². The molecule has 1 saturated heterocycles. The van der Waals surface area contributed by atoms with E-state index >= 15 is 0 Å². The molecule has 2 unspecified atom stereocenters. The average molecular weight is 251 g/mol. The zero-order valence-corrected chi connectivity index (χ0v) is 11.2. The number of hydrogen-bond acceptors (Lipinski definition) is 2. The molecular formula is C15H22FNO. The molecule has 1 N–H and O–H groups in total. The molecule has 1 heterocycles. The predicted molar refractivity (Wildman–Crippen MR) is 71.0 cm³/mol. The molecule has 1 aromatic carbocycles. The van der Waals surface area contributed by atoms with E-state index in [1.807, 2.05) is 12.1 Å². The van der Waals surface area contributed by atoms with Crippen LogP contribution >= 0.6 is 0 Å². The van der Waals surface area contributed by atoms with Gasteiger partial charge in [-0.05, 0) is 42.9 Å². The van der Waals surface area contributed by atoms with Crippen LogP contribution in [0.1, 0.15) is 30.9 Å². The van der Waals surface area contributed by atoms with Gasteiger partial charge >= 0.3 is 0 Å². The van der Waals surface area contributed by atoms with Crippen molar-refractivity contribution in [3.05, 3.63) is 35.1 Å². The van der Waals surface area contributed by atoms with E-state index in [4.69, 9.17) is 4.74 Å². The van der Waals surface area contributed by atoms with Crippen molar-refractivity contribution in [3.8, 4) is 0 Å². The van der Waals surface area contributed by atoms with Crippen LogP contribution in [-0.2, 0) is 11.3 Å². The zero-order valence-electron chi connectivity index (χ0n) is 11.2. The fourth-order valence-corrected chi connectivity index (χ4v) is 2.60. The molecule has 2 nitrogen and oxygen atoms in total. The number of benzene rings is 1. The quantitative estimate of drug-likeness (QED) is 0.868. The van der Waals surface area contributed by atoms with Gasteiger partial charge in [0, 0.05) is 19.7 Å². The Morgan fingerprint density at radius 2 is 2.28 bits per heavy atom. The minimum Gasteiger partial charge on any atom is -0.378 e. The van der Waals surface area contributed by atoms with Gasteiger partial charge in [-0.2, -0.15) is 0 Å². The van der Waals surface area contributed by atoms with E-state index < -0.39 is 0 Å². The lowest BCUT2D eigenvalue weighted by atomic mass is 9.99. The first-order valence-electron chi connectivity index (χ1n) is 6.78. The molecule has 0 amide bonds. The lowest BCUT2D eigenvalue weighted by molar-refractivity contribution is 0.0872. The summed E-state index contributed by atoms with van der Waals surface area (Å²) in [6.45, 7) is 6.65. The molecule has 0 bridgehead atoms. The van der Waals surface area contributed by atoms with Gasteiger partial charge < -0.3 is 10.1 Å². The van der Waals surface area contributed by atoms with Crippen LogP contribution in [0.3, 0.4) is 0 Å². The maximum absolute atomic E-state index is 13.1. The molecule has 0 spiro atoms. The average Bonchev–Trinajstić information content (AvgIpc) is 2.81. The van der Waals surface area contributed by atoms with Crippen LogP contribution in [-0.4, -0.2) is 19.3 Å². The van der Waals surface area contributed by atoms with Crippen molar-refractivity contribution in [1.29, 1.82) is 0 Å². The minimum atomic E-state index is -0.131. The highest BCUT2D eigenvalue weighted by Crippen LogP contribution is 2.22. The van der Waals surface area contributed by atoms with Crippen LogP contribution in [0.5, 0.6) is 0 Å². The molecule has 0 saturated carbocycles. The normalized spacial score (nSPS) is 23.5. The summed E-state index contributed by atoms with van der Waals surface area (Å²) in [5.74, 6) is 0.491. The maximum Gasteiger partial charge on any atom is 0.126 e. The standard InChI is InChI=1S/C15H22FNO/c1-3-15-13(6-7-18-15)10-17-9-12-4-5-14(16)11(2)8-12/h4-5,8,13,15,17H,3,6-7,9-10H2,1-2H3. The third-order valence-electron chi connectivity index (χ3n) is 3.71. The van der Waals surface area contributed by atoms with Crippen molar-refractivity contribution < 1.29 is 9.13 Å². The molecule has 2 atom stereocenters. The van der Waals surface area contributed by atoms with E-state index in [-0.39, 0.29) is 5.82 Å². The van der Waals surface area contributed by atoms with Gasteiger partial charge in [0.05, 0.1) is 6.10 Å². The van der Waals surface area contributed by atoms with Crippen LogP contribution < -0.4 is 5.32 Å². The van der Waals surface area contributed by atoms with Crippen LogP contribution in [0.25, 0.3) is 0 Å². The van der Waals surface area contributed by atoms with Gasteiger partial charge in [0.1, 0.15) is 5.82 Å². The Bertz CT molecular complexity index is 394. The molecule has 0 aromatic heterocycles. The molecule has 2 rings (SSSR count). The summed E-state index contributed by atoms with van der Waals surface area (Å²) in [4.78, 5) is 0. The first kappa shape index (κ1) is 13.5. The Labute approximate surface area is 109 Å². The molecule has 1 fully saturated rings. The van der Waals surface area contributed by atoms with E-state index in [2.05, 4.69) is 12.2 Å². The minimum absolute atomic E-state index is 0.131. The lowest BCUT2D eigenvalue weighted by Gasteiger charge is -2.17. The maximum atomic E-state index is 13.1. The Hall–Kier alpha value is -0.930. The van der Waals surface area contributed by atoms with Gasteiger partial charge in [0.2, 0.25) is 0 Å². The van der Waals surface area contributed by atoms with Crippen molar-refractivity contribution in [3.63, 3.8) is 0 Å². The second kappa shape index (κ2) is 6.30. The van der Waals surface area contributed by atoms with E-state index in [0.717, 1.165) is 38.1 Å². The Morgan fingerprint density at radius 3 is 3.00 bits per heavy atom. The summed E-state index contributed by atoms with van der Waals surface area (Å²) in [7, 11) is 0. The largest absolute Gasteiger partial charge is 0.378 e. The van der Waals surface area contributed by atoms with Crippen LogP contribution in [0.4, 0.5) is 4.39 Å². The van der Waals surface area contributed by atoms with Crippen molar-refractivity contribution in [2.24, 2.45) is 5.92 Å². The number of hydrogen-bond donors (Lipinski definition) is 1. The summed E-state index contributed by atoms with van der Waals surface area (Å²) in [5.41, 5.74) is 1.85. The third kappa shape index (κ3) is 3.30. The Balaban J connectivity index is 1.79. The van der Waals surface area contributed by atoms with Crippen molar-refractivity contribution in [1.82, 2.24) is 5.32 Å². The second-order valence-corrected chi connectivity index (χ2v) is 5.08. The highest BCUT2D eigenvalue weighted by Gasteiger charge is 2.25. The van der Waals surface area contributed by atoms with E-state index in [1.54, 1.807) is 13.0 Å². The van der Waals surface area contributed by atoms with Crippen molar-refractivity contribution in [2.75, 3.05) is 13.2 Å². The van der Waals surface area contributed by atoms with Crippen molar-refractivity contribution in [2.45, 2.75) is 39.3 Å². The number of halogens is 1. The Kier molecular flexibility index (Phi) is 4.72. The smallest absolute Gasteiger partial charge is 0.126 e. The number of nitrogens with one attached hydrogen (secondary N) is 1. The highest BCUT2D eigenvalue weighted by atomic mass is 19.1. The van der Waals surface area contributed by atoms with Crippen molar-refractivity contribution >= 4 is 0 Å². The molecule has 100 valence electrons. The molecule has 1 aromatic rings. The molecule has 0 radical (unpaired) electrons. The molecule has 3 heteroatoms. The first-order chi connectivity index (χ1) is 8.70. The summed E-state index contributed by atoms with van der Waals surface area (Å²) >= 11 is 0. The number of rotatable bonds is 5. The van der Waals surface area contributed by atoms with Crippen LogP contribution in [0.15, 0.2) is 18.2 Å². The van der Waals surface area contributed by atoms with Gasteiger partial charge in [-0.3, -0.25) is 0 Å². The van der Waals surface area contributed by atoms with Crippen LogP contribution in [0.2, 0.25) is 0 Å². The lowest BCUT2D eigenvalue weighted by Crippen LogP contribution is -2.27. The summed E-state index contributed by atoms with van der Waals surface area (Å²) in [6.07, 6.45) is 2.64. The van der Waals surface area contributed by atoms with Gasteiger partial charge in [-0.1, -0.05) is 19.1 Å². The Morgan fingerprint density at radius 1 is 1.44 bits per heavy atom. The predicted octanol–water partition coefficient (Wildman–Crippen LogP) is 3.04. The number of ether oxygens (including phenoxy) is 1. The van der Waals surface area contributed by atoms with E-state index in [1.165, 1.54) is 0 Å².